The number of anilines is 2. The van der Waals surface area contributed by atoms with E-state index >= 15 is 0 Å². The minimum atomic E-state index is -4.36. The first-order chi connectivity index (χ1) is 10.9. The highest BCUT2D eigenvalue weighted by Gasteiger charge is 2.31. The van der Waals surface area contributed by atoms with Gasteiger partial charge in [0.05, 0.1) is 10.0 Å². The number of rotatable bonds is 2. The van der Waals surface area contributed by atoms with Crippen LogP contribution in [-0.4, -0.2) is 41.1 Å². The molecule has 2 aromatic heterocycles. The molecule has 0 aromatic carbocycles. The Morgan fingerprint density at radius 1 is 0.870 bits per heavy atom. The third-order valence-corrected chi connectivity index (χ3v) is 3.98. The Morgan fingerprint density at radius 2 is 1.48 bits per heavy atom. The largest absolute Gasteiger partial charge is 0.417 e. The molecule has 9 heteroatoms. The van der Waals surface area contributed by atoms with Crippen molar-refractivity contribution in [1.82, 2.24) is 15.0 Å². The van der Waals surface area contributed by atoms with E-state index in [1.165, 1.54) is 6.07 Å². The van der Waals surface area contributed by atoms with Gasteiger partial charge in [-0.15, -0.1) is 0 Å². The van der Waals surface area contributed by atoms with Crippen molar-refractivity contribution in [3.63, 3.8) is 0 Å². The fourth-order valence-electron chi connectivity index (χ4n) is 2.35. The number of pyridine rings is 1. The normalized spacial score (nSPS) is 15.8. The summed E-state index contributed by atoms with van der Waals surface area (Å²) < 4.78 is 38.5. The topological polar surface area (TPSA) is 45.2 Å². The summed E-state index contributed by atoms with van der Waals surface area (Å²) in [5, 5.41) is 0. The average molecular weight is 388 g/mol. The van der Waals surface area contributed by atoms with Crippen LogP contribution in [0.5, 0.6) is 0 Å². The molecular weight excluding hydrogens is 375 g/mol. The van der Waals surface area contributed by atoms with E-state index in [0.29, 0.717) is 37.9 Å². The van der Waals surface area contributed by atoms with E-state index in [9.17, 15) is 13.2 Å². The minimum Gasteiger partial charge on any atom is -0.353 e. The van der Waals surface area contributed by atoms with Gasteiger partial charge in [-0.1, -0.05) is 0 Å². The van der Waals surface area contributed by atoms with Crippen molar-refractivity contribution in [3.8, 4) is 0 Å². The third-order valence-electron chi connectivity index (χ3n) is 3.57. The quantitative estimate of drug-likeness (QED) is 0.792. The molecule has 1 fully saturated rings. The van der Waals surface area contributed by atoms with Gasteiger partial charge in [-0.2, -0.15) is 13.2 Å². The van der Waals surface area contributed by atoms with Crippen LogP contribution in [-0.2, 0) is 6.18 Å². The van der Waals surface area contributed by atoms with E-state index in [1.807, 2.05) is 9.80 Å². The smallest absolute Gasteiger partial charge is 0.353 e. The van der Waals surface area contributed by atoms with Gasteiger partial charge in [0.2, 0.25) is 5.95 Å². The van der Waals surface area contributed by atoms with Gasteiger partial charge in [-0.05, 0) is 28.1 Å². The van der Waals surface area contributed by atoms with Crippen LogP contribution < -0.4 is 9.80 Å². The number of alkyl halides is 3. The Hall–Kier alpha value is -1.90. The molecular formula is C14H13BrF3N5. The summed E-state index contributed by atoms with van der Waals surface area (Å²) in [5.41, 5.74) is -0.733. The third kappa shape index (κ3) is 3.72. The Labute approximate surface area is 139 Å². The van der Waals surface area contributed by atoms with Crippen molar-refractivity contribution in [3.05, 3.63) is 40.8 Å². The summed E-state index contributed by atoms with van der Waals surface area (Å²) in [6.45, 7) is 2.67. The Bertz CT molecular complexity index is 652. The molecule has 0 spiro atoms. The van der Waals surface area contributed by atoms with E-state index in [0.717, 1.165) is 16.7 Å². The second-order valence-corrected chi connectivity index (χ2v) is 5.99. The monoisotopic (exact) mass is 387 g/mol. The van der Waals surface area contributed by atoms with E-state index < -0.39 is 11.7 Å². The highest BCUT2D eigenvalue weighted by molar-refractivity contribution is 9.10. The molecule has 1 saturated heterocycles. The van der Waals surface area contributed by atoms with Crippen LogP contribution in [0.4, 0.5) is 24.9 Å². The first-order valence-corrected chi connectivity index (χ1v) is 7.73. The van der Waals surface area contributed by atoms with Crippen LogP contribution in [0.1, 0.15) is 5.56 Å². The van der Waals surface area contributed by atoms with Crippen LogP contribution >= 0.6 is 15.9 Å². The molecule has 5 nitrogen and oxygen atoms in total. The van der Waals surface area contributed by atoms with Crippen LogP contribution in [0.25, 0.3) is 0 Å². The zero-order valence-electron chi connectivity index (χ0n) is 12.0. The van der Waals surface area contributed by atoms with Gasteiger partial charge in [0.15, 0.2) is 0 Å². The Morgan fingerprint density at radius 3 is 2.00 bits per heavy atom. The Kier molecular flexibility index (Phi) is 4.38. The van der Waals surface area contributed by atoms with Gasteiger partial charge >= 0.3 is 6.18 Å². The minimum absolute atomic E-state index is 0.550. The maximum absolute atomic E-state index is 12.6. The maximum Gasteiger partial charge on any atom is 0.417 e. The number of halogens is 4. The lowest BCUT2D eigenvalue weighted by molar-refractivity contribution is -0.137. The molecule has 23 heavy (non-hydrogen) atoms. The first kappa shape index (κ1) is 16.0. The molecule has 0 saturated carbocycles. The predicted octanol–water partition coefficient (Wildman–Crippen LogP) is 2.98. The number of hydrogen-bond donors (Lipinski definition) is 0. The van der Waals surface area contributed by atoms with Crippen molar-refractivity contribution < 1.29 is 13.2 Å². The summed E-state index contributed by atoms with van der Waals surface area (Å²) in [6, 6.07) is 2.47. The standard InChI is InChI=1S/C14H13BrF3N5/c15-11-8-20-13(21-9-11)23-5-3-22(4-6-23)12-2-1-10(7-19-12)14(16,17)18/h1-2,7-9H,3-6H2. The zero-order valence-corrected chi connectivity index (χ0v) is 13.5. The Balaban J connectivity index is 1.63. The van der Waals surface area contributed by atoms with Gasteiger partial charge in [0.1, 0.15) is 5.82 Å². The fourth-order valence-corrected chi connectivity index (χ4v) is 2.55. The predicted molar refractivity (Wildman–Crippen MR) is 83.4 cm³/mol. The van der Waals surface area contributed by atoms with Crippen LogP contribution in [0.15, 0.2) is 35.2 Å². The molecule has 0 bridgehead atoms. The van der Waals surface area contributed by atoms with Gasteiger partial charge in [-0.25, -0.2) is 15.0 Å². The van der Waals surface area contributed by atoms with Crippen LogP contribution in [0.3, 0.4) is 0 Å². The molecule has 2 aromatic rings. The van der Waals surface area contributed by atoms with E-state index in [2.05, 4.69) is 30.9 Å². The number of aromatic nitrogens is 3. The SMILES string of the molecule is FC(F)(F)c1ccc(N2CCN(c3ncc(Br)cn3)CC2)nc1. The van der Waals surface area contributed by atoms with Gasteiger partial charge in [0.25, 0.3) is 0 Å². The van der Waals surface area contributed by atoms with Gasteiger partial charge in [-0.3, -0.25) is 0 Å². The van der Waals surface area contributed by atoms with Crippen molar-refractivity contribution in [2.45, 2.75) is 6.18 Å². The second-order valence-electron chi connectivity index (χ2n) is 5.08. The molecule has 3 heterocycles. The summed E-state index contributed by atoms with van der Waals surface area (Å²) in [6.07, 6.45) is -0.110. The van der Waals surface area contributed by atoms with E-state index in [-0.39, 0.29) is 0 Å². The molecule has 1 aliphatic rings. The van der Waals surface area contributed by atoms with Crippen LogP contribution in [0.2, 0.25) is 0 Å². The molecule has 1 aliphatic heterocycles. The summed E-state index contributed by atoms with van der Waals surface area (Å²) in [4.78, 5) is 16.4. The molecule has 0 unspecified atom stereocenters. The van der Waals surface area contributed by atoms with Crippen molar-refractivity contribution in [1.29, 1.82) is 0 Å². The van der Waals surface area contributed by atoms with Gasteiger partial charge < -0.3 is 9.80 Å². The van der Waals surface area contributed by atoms with Crippen molar-refractivity contribution >= 4 is 27.7 Å². The van der Waals surface area contributed by atoms with Crippen molar-refractivity contribution in [2.24, 2.45) is 0 Å². The molecule has 0 radical (unpaired) electrons. The summed E-state index contributed by atoms with van der Waals surface area (Å²) in [5.74, 6) is 1.20. The first-order valence-electron chi connectivity index (χ1n) is 6.94. The second kappa shape index (κ2) is 6.31. The molecule has 0 aliphatic carbocycles. The van der Waals surface area contributed by atoms with Crippen LogP contribution in [0, 0.1) is 0 Å². The summed E-state index contributed by atoms with van der Waals surface area (Å²) >= 11 is 3.29. The lowest BCUT2D eigenvalue weighted by Gasteiger charge is -2.35. The molecule has 0 atom stereocenters. The van der Waals surface area contributed by atoms with E-state index in [1.54, 1.807) is 12.4 Å². The van der Waals surface area contributed by atoms with E-state index in [4.69, 9.17) is 0 Å². The molecule has 0 N–H and O–H groups in total. The number of nitrogens with zero attached hydrogens (tertiary/aromatic N) is 5. The van der Waals surface area contributed by atoms with Crippen molar-refractivity contribution in [2.75, 3.05) is 36.0 Å². The number of hydrogen-bond acceptors (Lipinski definition) is 5. The average Bonchev–Trinajstić information content (AvgIpc) is 2.55. The maximum atomic E-state index is 12.6. The highest BCUT2D eigenvalue weighted by atomic mass is 79.9. The fraction of sp³-hybridized carbons (Fsp3) is 0.357. The van der Waals surface area contributed by atoms with Gasteiger partial charge in [0, 0.05) is 44.8 Å². The number of piperazine rings is 1. The molecule has 3 rings (SSSR count). The highest BCUT2D eigenvalue weighted by Crippen LogP contribution is 2.29. The molecule has 122 valence electrons. The zero-order chi connectivity index (χ0) is 16.4. The lowest BCUT2D eigenvalue weighted by Crippen LogP contribution is -2.47. The molecule has 0 amide bonds. The summed E-state index contributed by atoms with van der Waals surface area (Å²) in [7, 11) is 0. The lowest BCUT2D eigenvalue weighted by atomic mass is 10.2.